The van der Waals surface area contributed by atoms with Crippen LogP contribution in [0.4, 0.5) is 34.1 Å². The highest BCUT2D eigenvalue weighted by atomic mass is 32.1. The quantitative estimate of drug-likeness (QED) is 0.167. The average Bonchev–Trinajstić information content (AvgIpc) is 4.13. The first-order chi connectivity index (χ1) is 31.7. The zero-order valence-electron chi connectivity index (χ0n) is 34.2. The van der Waals surface area contributed by atoms with Crippen LogP contribution in [0, 0.1) is 0 Å². The normalized spacial score (nSPS) is 12.1. The van der Waals surface area contributed by atoms with E-state index in [9.17, 15) is 0 Å². The van der Waals surface area contributed by atoms with Crippen molar-refractivity contribution in [2.45, 2.75) is 0 Å². The number of benzene rings is 10. The van der Waals surface area contributed by atoms with E-state index < -0.39 is 0 Å². The molecule has 6 heteroatoms. The zero-order chi connectivity index (χ0) is 41.9. The van der Waals surface area contributed by atoms with Crippen LogP contribution < -0.4 is 9.80 Å². The van der Waals surface area contributed by atoms with Gasteiger partial charge in [-0.1, -0.05) is 121 Å². The van der Waals surface area contributed by atoms with Gasteiger partial charge in [0.25, 0.3) is 0 Å². The van der Waals surface area contributed by atoms with E-state index in [4.69, 9.17) is 8.83 Å². The molecule has 10 aromatic carbocycles. The Bertz CT molecular complexity index is 3890. The molecule has 0 aliphatic carbocycles. The summed E-state index contributed by atoms with van der Waals surface area (Å²) in [6.07, 6.45) is 0. The summed E-state index contributed by atoms with van der Waals surface area (Å²) in [7, 11) is 0. The number of hydrogen-bond acceptors (Lipinski definition) is 6. The molecule has 0 aliphatic rings. The summed E-state index contributed by atoms with van der Waals surface area (Å²) in [4.78, 5) is 4.67. The third-order valence-electron chi connectivity index (χ3n) is 12.8. The van der Waals surface area contributed by atoms with E-state index in [-0.39, 0.29) is 0 Å². The number of fused-ring (bicyclic) bond motifs is 15. The molecule has 64 heavy (non-hydrogen) atoms. The fraction of sp³-hybridized carbons (Fsp3) is 0. The maximum absolute atomic E-state index is 6.59. The van der Waals surface area contributed by atoms with Gasteiger partial charge in [-0.15, -0.1) is 22.7 Å². The Kier molecular flexibility index (Phi) is 7.69. The molecule has 0 spiro atoms. The molecule has 4 aromatic heterocycles. The molecule has 0 amide bonds. The number of thiophene rings is 2. The molecule has 4 heterocycles. The summed E-state index contributed by atoms with van der Waals surface area (Å²) >= 11 is 3.76. The molecule has 0 aliphatic heterocycles. The summed E-state index contributed by atoms with van der Waals surface area (Å²) in [6, 6.07) is 73.9. The van der Waals surface area contributed by atoms with Gasteiger partial charge < -0.3 is 18.6 Å². The molecule has 0 N–H and O–H groups in total. The van der Waals surface area contributed by atoms with Gasteiger partial charge in [0.05, 0.1) is 11.4 Å². The van der Waals surface area contributed by atoms with Crippen LogP contribution in [-0.4, -0.2) is 0 Å². The van der Waals surface area contributed by atoms with Gasteiger partial charge in [-0.3, -0.25) is 0 Å². The summed E-state index contributed by atoms with van der Waals surface area (Å²) in [5.74, 6) is 0. The van der Waals surface area contributed by atoms with Crippen LogP contribution in [0.25, 0.3) is 95.0 Å². The van der Waals surface area contributed by atoms with Crippen LogP contribution in [0.5, 0.6) is 0 Å². The molecule has 4 nitrogen and oxygen atoms in total. The van der Waals surface area contributed by atoms with Crippen molar-refractivity contribution in [1.29, 1.82) is 0 Å². The number of para-hydroxylation sites is 6. The van der Waals surface area contributed by atoms with Crippen molar-refractivity contribution >= 4 is 152 Å². The SMILES string of the molecule is c1ccc(N(c2ccc3sc4c(ccc5c4ccc4c6cc(N(c7ccccc7)c7cccc8c7oc7ccccc78)ccc6sc45)c3c2)c2cccc3c2oc2ccccc23)cc1. The Morgan fingerprint density at radius 3 is 1.12 bits per heavy atom. The van der Waals surface area contributed by atoms with Crippen molar-refractivity contribution in [3.8, 4) is 0 Å². The molecular formula is C58H34N2O2S2. The van der Waals surface area contributed by atoms with Crippen molar-refractivity contribution in [3.63, 3.8) is 0 Å². The second kappa shape index (κ2) is 13.8. The minimum absolute atomic E-state index is 0.879. The summed E-state index contributed by atoms with van der Waals surface area (Å²) < 4.78 is 18.3. The van der Waals surface area contributed by atoms with Gasteiger partial charge in [0.2, 0.25) is 0 Å². The maximum atomic E-state index is 6.59. The first kappa shape index (κ1) is 35.7. The lowest BCUT2D eigenvalue weighted by atomic mass is 10.0. The highest BCUT2D eigenvalue weighted by molar-refractivity contribution is 7.28. The number of nitrogens with zero attached hydrogens (tertiary/aromatic N) is 2. The summed E-state index contributed by atoms with van der Waals surface area (Å²) in [5, 5.41) is 12.1. The fourth-order valence-corrected chi connectivity index (χ4v) is 12.4. The van der Waals surface area contributed by atoms with Crippen LogP contribution in [0.3, 0.4) is 0 Å². The lowest BCUT2D eigenvalue weighted by Gasteiger charge is -2.25. The Morgan fingerprint density at radius 2 is 0.672 bits per heavy atom. The van der Waals surface area contributed by atoms with E-state index in [1.165, 1.54) is 51.1 Å². The third kappa shape index (κ3) is 5.27. The molecular weight excluding hydrogens is 821 g/mol. The van der Waals surface area contributed by atoms with Crippen molar-refractivity contribution < 1.29 is 8.83 Å². The van der Waals surface area contributed by atoms with E-state index >= 15 is 0 Å². The summed E-state index contributed by atoms with van der Waals surface area (Å²) in [5.41, 5.74) is 9.89. The highest BCUT2D eigenvalue weighted by Crippen LogP contribution is 2.49. The molecule has 0 unspecified atom stereocenters. The number of furan rings is 2. The Morgan fingerprint density at radius 1 is 0.281 bits per heavy atom. The standard InChI is InChI=1S/C58H34N2O2S2/c1-3-13-35(14-4-1)59(49-21-11-19-41-39-17-7-9-23-51(39)61-55(41)49)37-25-31-53-47(33-37)45-29-27-44-43(57(45)63-53)28-30-46-48-34-38(26-32-54(48)64-58(44)46)60(36-15-5-2-6-16-36)50-22-12-20-42-40-18-8-10-24-52(40)62-56(42)50/h1-34H. The van der Waals surface area contributed by atoms with Crippen molar-refractivity contribution in [1.82, 2.24) is 0 Å². The lowest BCUT2D eigenvalue weighted by molar-refractivity contribution is 0.668. The van der Waals surface area contributed by atoms with Crippen molar-refractivity contribution in [2.75, 3.05) is 9.80 Å². The van der Waals surface area contributed by atoms with Gasteiger partial charge in [-0.25, -0.2) is 0 Å². The lowest BCUT2D eigenvalue weighted by Crippen LogP contribution is -2.09. The molecule has 0 saturated carbocycles. The molecule has 0 saturated heterocycles. The second-order valence-corrected chi connectivity index (χ2v) is 18.5. The van der Waals surface area contributed by atoms with Gasteiger partial charge in [0, 0.05) is 95.4 Å². The van der Waals surface area contributed by atoms with Crippen LogP contribution in [0.2, 0.25) is 0 Å². The van der Waals surface area contributed by atoms with Crippen LogP contribution in [-0.2, 0) is 0 Å². The third-order valence-corrected chi connectivity index (χ3v) is 15.3. The zero-order valence-corrected chi connectivity index (χ0v) is 35.8. The first-order valence-corrected chi connectivity index (χ1v) is 23.1. The number of hydrogen-bond donors (Lipinski definition) is 0. The topological polar surface area (TPSA) is 32.8 Å². The second-order valence-electron chi connectivity index (χ2n) is 16.4. The largest absolute Gasteiger partial charge is 0.454 e. The minimum Gasteiger partial charge on any atom is -0.454 e. The maximum Gasteiger partial charge on any atom is 0.159 e. The first-order valence-electron chi connectivity index (χ1n) is 21.5. The Balaban J connectivity index is 0.915. The number of rotatable bonds is 6. The number of anilines is 6. The smallest absolute Gasteiger partial charge is 0.159 e. The molecule has 0 atom stereocenters. The van der Waals surface area contributed by atoms with Gasteiger partial charge in [-0.2, -0.15) is 0 Å². The Hall–Kier alpha value is -7.90. The minimum atomic E-state index is 0.879. The van der Waals surface area contributed by atoms with Crippen LogP contribution in [0.1, 0.15) is 0 Å². The monoisotopic (exact) mass is 854 g/mol. The molecule has 300 valence electrons. The Labute approximate surface area is 374 Å². The van der Waals surface area contributed by atoms with Gasteiger partial charge >= 0.3 is 0 Å². The van der Waals surface area contributed by atoms with E-state index in [0.717, 1.165) is 78.0 Å². The van der Waals surface area contributed by atoms with Crippen molar-refractivity contribution in [2.24, 2.45) is 0 Å². The molecule has 14 rings (SSSR count). The van der Waals surface area contributed by atoms with Crippen molar-refractivity contribution in [3.05, 3.63) is 206 Å². The predicted octanol–water partition coefficient (Wildman–Crippen LogP) is 18.3. The van der Waals surface area contributed by atoms with Gasteiger partial charge in [0.1, 0.15) is 11.2 Å². The fourth-order valence-electron chi connectivity index (χ4n) is 9.95. The molecule has 0 bridgehead atoms. The predicted molar refractivity (Wildman–Crippen MR) is 274 cm³/mol. The van der Waals surface area contributed by atoms with E-state index in [1.54, 1.807) is 0 Å². The summed E-state index contributed by atoms with van der Waals surface area (Å²) in [6.45, 7) is 0. The van der Waals surface area contributed by atoms with Crippen LogP contribution >= 0.6 is 22.7 Å². The molecule has 0 radical (unpaired) electrons. The molecule has 0 fully saturated rings. The van der Waals surface area contributed by atoms with Gasteiger partial charge in [0.15, 0.2) is 11.2 Å². The molecule has 14 aromatic rings. The highest BCUT2D eigenvalue weighted by Gasteiger charge is 2.23. The van der Waals surface area contributed by atoms with Gasteiger partial charge in [-0.05, 0) is 84.9 Å². The van der Waals surface area contributed by atoms with E-state index in [1.807, 2.05) is 34.8 Å². The van der Waals surface area contributed by atoms with E-state index in [0.29, 0.717) is 0 Å². The van der Waals surface area contributed by atoms with Crippen LogP contribution in [0.15, 0.2) is 215 Å². The van der Waals surface area contributed by atoms with E-state index in [2.05, 4.69) is 204 Å². The average molecular weight is 855 g/mol.